The zero-order valence-corrected chi connectivity index (χ0v) is 16.9. The first-order chi connectivity index (χ1) is 11.8. The molecule has 0 rings (SSSR count). The van der Waals surface area contributed by atoms with Crippen LogP contribution in [-0.4, -0.2) is 11.2 Å². The SMILES string of the molecule is CCCCCCCCC=CCCCC(O)CCCCCCCCC. The Labute approximate surface area is 153 Å². The fourth-order valence-electron chi connectivity index (χ4n) is 3.23. The van der Waals surface area contributed by atoms with Gasteiger partial charge in [-0.25, -0.2) is 0 Å². The van der Waals surface area contributed by atoms with Crippen LogP contribution in [0, 0.1) is 0 Å². The van der Waals surface area contributed by atoms with E-state index in [-0.39, 0.29) is 6.10 Å². The third-order valence-electron chi connectivity index (χ3n) is 4.94. The van der Waals surface area contributed by atoms with Crippen molar-refractivity contribution < 1.29 is 5.11 Å². The molecule has 1 atom stereocenters. The Balaban J connectivity index is 3.21. The molecule has 0 heterocycles. The molecule has 0 bridgehead atoms. The van der Waals surface area contributed by atoms with Crippen LogP contribution in [0.15, 0.2) is 12.2 Å². The standard InChI is InChI=1S/C23H46O/c1-3-5-7-9-11-12-13-14-16-18-20-22-23(24)21-19-17-15-10-8-6-4-2/h14,16,23-24H,3-13,15,17-22H2,1-2H3. The monoisotopic (exact) mass is 338 g/mol. The zero-order valence-electron chi connectivity index (χ0n) is 16.9. The van der Waals surface area contributed by atoms with Gasteiger partial charge in [0.15, 0.2) is 0 Å². The third kappa shape index (κ3) is 19.7. The molecular weight excluding hydrogens is 292 g/mol. The molecule has 0 fully saturated rings. The lowest BCUT2D eigenvalue weighted by atomic mass is 10.0. The van der Waals surface area contributed by atoms with E-state index in [9.17, 15) is 5.11 Å². The molecule has 0 aromatic rings. The van der Waals surface area contributed by atoms with Gasteiger partial charge >= 0.3 is 0 Å². The highest BCUT2D eigenvalue weighted by Crippen LogP contribution is 2.13. The Morgan fingerprint density at radius 3 is 1.54 bits per heavy atom. The van der Waals surface area contributed by atoms with Gasteiger partial charge in [0.25, 0.3) is 0 Å². The summed E-state index contributed by atoms with van der Waals surface area (Å²) in [5, 5.41) is 10.0. The van der Waals surface area contributed by atoms with E-state index in [4.69, 9.17) is 0 Å². The predicted octanol–water partition coefficient (Wildman–Crippen LogP) is 7.97. The van der Waals surface area contributed by atoms with Crippen LogP contribution >= 0.6 is 0 Å². The highest BCUT2D eigenvalue weighted by atomic mass is 16.3. The maximum absolute atomic E-state index is 10.0. The van der Waals surface area contributed by atoms with Gasteiger partial charge in [0.2, 0.25) is 0 Å². The molecule has 24 heavy (non-hydrogen) atoms. The first kappa shape index (κ1) is 23.7. The highest BCUT2D eigenvalue weighted by molar-refractivity contribution is 4.81. The summed E-state index contributed by atoms with van der Waals surface area (Å²) >= 11 is 0. The summed E-state index contributed by atoms with van der Waals surface area (Å²) in [6.07, 6.45) is 27.8. The minimum absolute atomic E-state index is 0.0624. The lowest BCUT2D eigenvalue weighted by molar-refractivity contribution is 0.148. The Hall–Kier alpha value is -0.300. The number of hydrogen-bond donors (Lipinski definition) is 1. The number of rotatable bonds is 19. The van der Waals surface area contributed by atoms with E-state index in [1.54, 1.807) is 0 Å². The lowest BCUT2D eigenvalue weighted by Crippen LogP contribution is -2.05. The predicted molar refractivity (Wildman–Crippen MR) is 110 cm³/mol. The Morgan fingerprint density at radius 1 is 0.542 bits per heavy atom. The smallest absolute Gasteiger partial charge is 0.0540 e. The summed E-state index contributed by atoms with van der Waals surface area (Å²) < 4.78 is 0. The van der Waals surface area contributed by atoms with Crippen LogP contribution < -0.4 is 0 Å². The van der Waals surface area contributed by atoms with Crippen LogP contribution in [0.5, 0.6) is 0 Å². The minimum atomic E-state index is -0.0624. The van der Waals surface area contributed by atoms with Crippen molar-refractivity contribution >= 4 is 0 Å². The van der Waals surface area contributed by atoms with Gasteiger partial charge in [0, 0.05) is 0 Å². The molecule has 1 unspecified atom stereocenters. The topological polar surface area (TPSA) is 20.2 Å². The molecule has 1 nitrogen and oxygen atoms in total. The number of allylic oxidation sites excluding steroid dienone is 2. The van der Waals surface area contributed by atoms with Gasteiger partial charge in [0.1, 0.15) is 0 Å². The quantitative estimate of drug-likeness (QED) is 0.187. The molecule has 0 aromatic carbocycles. The molecule has 0 aliphatic carbocycles. The number of aliphatic hydroxyl groups is 1. The van der Waals surface area contributed by atoms with Crippen molar-refractivity contribution in [1.82, 2.24) is 0 Å². The summed E-state index contributed by atoms with van der Waals surface area (Å²) in [7, 11) is 0. The molecule has 144 valence electrons. The first-order valence-corrected chi connectivity index (χ1v) is 11.1. The fraction of sp³-hybridized carbons (Fsp3) is 0.913. The average molecular weight is 339 g/mol. The van der Waals surface area contributed by atoms with Gasteiger partial charge in [-0.3, -0.25) is 0 Å². The molecule has 0 amide bonds. The van der Waals surface area contributed by atoms with Gasteiger partial charge in [-0.2, -0.15) is 0 Å². The van der Waals surface area contributed by atoms with Crippen molar-refractivity contribution in [3.63, 3.8) is 0 Å². The second-order valence-corrected chi connectivity index (χ2v) is 7.52. The van der Waals surface area contributed by atoms with Crippen LogP contribution in [0.1, 0.15) is 129 Å². The summed E-state index contributed by atoms with van der Waals surface area (Å²) in [4.78, 5) is 0. The van der Waals surface area contributed by atoms with Crippen molar-refractivity contribution in [1.29, 1.82) is 0 Å². The summed E-state index contributed by atoms with van der Waals surface area (Å²) in [5.74, 6) is 0. The van der Waals surface area contributed by atoms with Crippen LogP contribution in [0.4, 0.5) is 0 Å². The summed E-state index contributed by atoms with van der Waals surface area (Å²) in [6, 6.07) is 0. The molecule has 1 N–H and O–H groups in total. The van der Waals surface area contributed by atoms with Gasteiger partial charge in [0.05, 0.1) is 6.10 Å². The summed E-state index contributed by atoms with van der Waals surface area (Å²) in [6.45, 7) is 4.54. The van der Waals surface area contributed by atoms with Crippen molar-refractivity contribution in [3.05, 3.63) is 12.2 Å². The minimum Gasteiger partial charge on any atom is -0.393 e. The molecule has 0 radical (unpaired) electrons. The lowest BCUT2D eigenvalue weighted by Gasteiger charge is -2.09. The fourth-order valence-corrected chi connectivity index (χ4v) is 3.23. The van der Waals surface area contributed by atoms with Crippen molar-refractivity contribution in [2.75, 3.05) is 0 Å². The van der Waals surface area contributed by atoms with Crippen molar-refractivity contribution in [2.24, 2.45) is 0 Å². The van der Waals surface area contributed by atoms with Crippen LogP contribution in [0.3, 0.4) is 0 Å². The highest BCUT2D eigenvalue weighted by Gasteiger charge is 2.02. The maximum atomic E-state index is 10.0. The number of hydrogen-bond acceptors (Lipinski definition) is 1. The molecule has 0 aliphatic rings. The summed E-state index contributed by atoms with van der Waals surface area (Å²) in [5.41, 5.74) is 0. The van der Waals surface area contributed by atoms with Crippen molar-refractivity contribution in [3.8, 4) is 0 Å². The Bertz CT molecular complexity index is 246. The molecule has 0 spiro atoms. The number of unbranched alkanes of at least 4 members (excludes halogenated alkanes) is 13. The van der Waals surface area contributed by atoms with Gasteiger partial charge < -0.3 is 5.11 Å². The van der Waals surface area contributed by atoms with E-state index in [0.29, 0.717) is 0 Å². The van der Waals surface area contributed by atoms with Gasteiger partial charge in [-0.1, -0.05) is 103 Å². The van der Waals surface area contributed by atoms with E-state index in [1.165, 1.54) is 89.9 Å². The maximum Gasteiger partial charge on any atom is 0.0540 e. The van der Waals surface area contributed by atoms with E-state index in [2.05, 4.69) is 26.0 Å². The molecule has 0 aromatic heterocycles. The molecule has 0 saturated heterocycles. The molecule has 0 saturated carbocycles. The molecule has 1 heteroatoms. The van der Waals surface area contributed by atoms with E-state index < -0.39 is 0 Å². The second kappa shape index (κ2) is 20.7. The molecule has 0 aliphatic heterocycles. The molecular formula is C23H46O. The van der Waals surface area contributed by atoms with E-state index >= 15 is 0 Å². The Kier molecular flexibility index (Phi) is 20.5. The first-order valence-electron chi connectivity index (χ1n) is 11.1. The largest absolute Gasteiger partial charge is 0.393 e. The third-order valence-corrected chi connectivity index (χ3v) is 4.94. The van der Waals surface area contributed by atoms with Crippen molar-refractivity contribution in [2.45, 2.75) is 136 Å². The average Bonchev–Trinajstić information content (AvgIpc) is 2.59. The van der Waals surface area contributed by atoms with Crippen LogP contribution in [0.2, 0.25) is 0 Å². The van der Waals surface area contributed by atoms with Crippen LogP contribution in [0.25, 0.3) is 0 Å². The normalized spacial score (nSPS) is 13.0. The van der Waals surface area contributed by atoms with E-state index in [0.717, 1.165) is 25.7 Å². The van der Waals surface area contributed by atoms with Crippen LogP contribution in [-0.2, 0) is 0 Å². The zero-order chi connectivity index (χ0) is 17.7. The van der Waals surface area contributed by atoms with Gasteiger partial charge in [-0.05, 0) is 38.5 Å². The van der Waals surface area contributed by atoms with Gasteiger partial charge in [-0.15, -0.1) is 0 Å². The number of aliphatic hydroxyl groups excluding tert-OH is 1. The Morgan fingerprint density at radius 2 is 0.958 bits per heavy atom. The van der Waals surface area contributed by atoms with E-state index in [1.807, 2.05) is 0 Å². The second-order valence-electron chi connectivity index (χ2n) is 7.52.